The summed E-state index contributed by atoms with van der Waals surface area (Å²) in [6.45, 7) is 0. The SMILES string of the molecule is c1ccc(-c2ccc3c(c2)c2ccccc2n3-c2ccc3c(c2)oc2cccc(-c4ccc5c(c4)oc4cc(C6[N-]C(c7ccccc7)NC(c7ccccc7)N6)ccc45)c23)cc1. The third-order valence-electron chi connectivity index (χ3n) is 12.8. The van der Waals surface area contributed by atoms with Crippen molar-refractivity contribution in [3.63, 3.8) is 0 Å². The number of hydrogen-bond donors (Lipinski definition) is 2. The van der Waals surface area contributed by atoms with Crippen LogP contribution in [0.25, 0.3) is 98.9 Å². The number of benzene rings is 9. The van der Waals surface area contributed by atoms with E-state index in [2.05, 4.69) is 209 Å². The highest BCUT2D eigenvalue weighted by Crippen LogP contribution is 2.43. The molecular formula is C57H39N4O2-. The van der Waals surface area contributed by atoms with Crippen LogP contribution in [0.2, 0.25) is 0 Å². The van der Waals surface area contributed by atoms with Gasteiger partial charge in [0.1, 0.15) is 22.3 Å². The summed E-state index contributed by atoms with van der Waals surface area (Å²) in [4.78, 5) is 0. The summed E-state index contributed by atoms with van der Waals surface area (Å²) < 4.78 is 15.7. The number of aromatic nitrogens is 1. The summed E-state index contributed by atoms with van der Waals surface area (Å²) in [5.41, 5.74) is 14.7. The Balaban J connectivity index is 0.865. The van der Waals surface area contributed by atoms with E-state index in [1.165, 1.54) is 21.9 Å². The number of hydrogen-bond acceptors (Lipinski definition) is 4. The van der Waals surface area contributed by atoms with Gasteiger partial charge in [0.05, 0.1) is 17.2 Å². The molecule has 3 unspecified atom stereocenters. The van der Waals surface area contributed by atoms with Gasteiger partial charge in [-0.3, -0.25) is 0 Å². The largest absolute Gasteiger partial charge is 0.624 e. The van der Waals surface area contributed by atoms with Crippen molar-refractivity contribution in [3.05, 3.63) is 228 Å². The zero-order valence-electron chi connectivity index (χ0n) is 34.1. The number of para-hydroxylation sites is 1. The Labute approximate surface area is 363 Å². The fraction of sp³-hybridized carbons (Fsp3) is 0.0526. The number of rotatable bonds is 6. The van der Waals surface area contributed by atoms with Crippen molar-refractivity contribution >= 4 is 65.7 Å². The molecule has 12 aromatic rings. The van der Waals surface area contributed by atoms with Crippen LogP contribution in [0.15, 0.2) is 215 Å². The third-order valence-corrected chi connectivity index (χ3v) is 12.8. The molecule has 4 heterocycles. The molecule has 1 aliphatic heterocycles. The van der Waals surface area contributed by atoms with Crippen LogP contribution in [0.3, 0.4) is 0 Å². The van der Waals surface area contributed by atoms with Crippen molar-refractivity contribution in [2.75, 3.05) is 0 Å². The van der Waals surface area contributed by atoms with Crippen LogP contribution >= 0.6 is 0 Å². The van der Waals surface area contributed by atoms with E-state index in [-0.39, 0.29) is 18.5 Å². The standard InChI is InChI=1S/C57H39N4O2/c1-4-13-35(14-5-1)38-25-30-49-47(31-38)43-19-10-11-21-48(43)61(49)41-26-29-46-53(34-41)62-50-22-12-20-42(54(46)50)39-23-27-44-45-28-24-40(33-52(45)63-51(44)32-39)57-59-55(36-15-6-2-7-16-36)58-56(60-57)37-17-8-3-9-18-37/h1-34,55-59H/q-1. The van der Waals surface area contributed by atoms with Crippen molar-refractivity contribution in [2.45, 2.75) is 18.5 Å². The number of nitrogens with one attached hydrogen (secondary N) is 2. The molecule has 3 atom stereocenters. The first-order chi connectivity index (χ1) is 31.2. The van der Waals surface area contributed by atoms with Crippen LogP contribution in [0.4, 0.5) is 0 Å². The highest BCUT2D eigenvalue weighted by atomic mass is 16.3. The number of fused-ring (bicyclic) bond motifs is 9. The van der Waals surface area contributed by atoms with Crippen LogP contribution in [-0.4, -0.2) is 4.57 Å². The maximum Gasteiger partial charge on any atom is 0.137 e. The zero-order chi connectivity index (χ0) is 41.4. The van der Waals surface area contributed by atoms with Gasteiger partial charge in [0.15, 0.2) is 0 Å². The second-order valence-electron chi connectivity index (χ2n) is 16.5. The van der Waals surface area contributed by atoms with Gasteiger partial charge in [-0.15, -0.1) is 0 Å². The minimum absolute atomic E-state index is 0.0801. The molecule has 1 saturated heterocycles. The molecule has 13 rings (SSSR count). The van der Waals surface area contributed by atoms with E-state index in [0.29, 0.717) is 0 Å². The Morgan fingerprint density at radius 2 is 1.02 bits per heavy atom. The summed E-state index contributed by atoms with van der Waals surface area (Å²) in [7, 11) is 0. The monoisotopic (exact) mass is 811 g/mol. The summed E-state index contributed by atoms with van der Waals surface area (Å²) in [6, 6.07) is 72.9. The van der Waals surface area contributed by atoms with Gasteiger partial charge >= 0.3 is 0 Å². The Hall–Kier alpha value is -7.74. The Morgan fingerprint density at radius 3 is 1.84 bits per heavy atom. The first-order valence-corrected chi connectivity index (χ1v) is 21.5. The van der Waals surface area contributed by atoms with Gasteiger partial charge in [0.25, 0.3) is 0 Å². The van der Waals surface area contributed by atoms with E-state index in [0.717, 1.165) is 88.4 Å². The van der Waals surface area contributed by atoms with Crippen molar-refractivity contribution in [1.29, 1.82) is 0 Å². The molecule has 9 aromatic carbocycles. The molecule has 0 radical (unpaired) electrons. The van der Waals surface area contributed by atoms with E-state index >= 15 is 0 Å². The molecular weight excluding hydrogens is 773 g/mol. The average molecular weight is 812 g/mol. The number of nitrogens with zero attached hydrogens (tertiary/aromatic N) is 2. The summed E-state index contributed by atoms with van der Waals surface area (Å²) in [5.74, 6) is 0. The highest BCUT2D eigenvalue weighted by Gasteiger charge is 2.23. The Bertz CT molecular complexity index is 3630. The predicted molar refractivity (Wildman–Crippen MR) is 257 cm³/mol. The van der Waals surface area contributed by atoms with E-state index in [1.54, 1.807) is 0 Å². The van der Waals surface area contributed by atoms with E-state index in [9.17, 15) is 0 Å². The van der Waals surface area contributed by atoms with Gasteiger partial charge < -0.3 is 29.4 Å². The first-order valence-electron chi connectivity index (χ1n) is 21.5. The minimum atomic E-state index is -0.246. The highest BCUT2D eigenvalue weighted by molar-refractivity contribution is 6.15. The molecule has 0 saturated carbocycles. The lowest BCUT2D eigenvalue weighted by atomic mass is 9.98. The van der Waals surface area contributed by atoms with Gasteiger partial charge in [-0.25, -0.2) is 0 Å². The molecule has 6 nitrogen and oxygen atoms in total. The third kappa shape index (κ3) is 5.99. The molecule has 63 heavy (non-hydrogen) atoms. The maximum atomic E-state index is 6.70. The normalized spacial score (nSPS) is 16.9. The van der Waals surface area contributed by atoms with E-state index in [1.807, 2.05) is 12.1 Å². The van der Waals surface area contributed by atoms with Gasteiger partial charge in [0, 0.05) is 44.1 Å². The fourth-order valence-electron chi connectivity index (χ4n) is 9.82. The maximum absolute atomic E-state index is 6.70. The molecule has 3 aromatic heterocycles. The van der Waals surface area contributed by atoms with Gasteiger partial charge in [0.2, 0.25) is 0 Å². The van der Waals surface area contributed by atoms with Crippen LogP contribution in [0.5, 0.6) is 0 Å². The molecule has 0 spiro atoms. The Morgan fingerprint density at radius 1 is 0.381 bits per heavy atom. The molecule has 0 aliphatic carbocycles. The van der Waals surface area contributed by atoms with Crippen molar-refractivity contribution in [2.24, 2.45) is 0 Å². The van der Waals surface area contributed by atoms with Crippen molar-refractivity contribution < 1.29 is 8.83 Å². The second-order valence-corrected chi connectivity index (χ2v) is 16.5. The van der Waals surface area contributed by atoms with Crippen LogP contribution in [0, 0.1) is 0 Å². The lowest BCUT2D eigenvalue weighted by Gasteiger charge is -2.50. The predicted octanol–water partition coefficient (Wildman–Crippen LogP) is 14.9. The topological polar surface area (TPSA) is 69.4 Å². The molecule has 300 valence electrons. The molecule has 1 fully saturated rings. The van der Waals surface area contributed by atoms with Crippen molar-refractivity contribution in [3.8, 4) is 27.9 Å². The van der Waals surface area contributed by atoms with Gasteiger partial charge in [-0.2, -0.15) is 0 Å². The van der Waals surface area contributed by atoms with E-state index < -0.39 is 0 Å². The second kappa shape index (κ2) is 14.4. The van der Waals surface area contributed by atoms with E-state index in [4.69, 9.17) is 14.2 Å². The van der Waals surface area contributed by atoms with Gasteiger partial charge in [-0.1, -0.05) is 163 Å². The lowest BCUT2D eigenvalue weighted by Crippen LogP contribution is -2.44. The van der Waals surface area contributed by atoms with Crippen molar-refractivity contribution in [1.82, 2.24) is 15.2 Å². The molecule has 2 N–H and O–H groups in total. The van der Waals surface area contributed by atoms with Crippen LogP contribution in [0.1, 0.15) is 35.2 Å². The zero-order valence-corrected chi connectivity index (χ0v) is 34.1. The summed E-state index contributed by atoms with van der Waals surface area (Å²) in [6.07, 6.45) is -0.500. The summed E-state index contributed by atoms with van der Waals surface area (Å²) >= 11 is 0. The fourth-order valence-corrected chi connectivity index (χ4v) is 9.82. The molecule has 0 bridgehead atoms. The molecule has 0 amide bonds. The average Bonchev–Trinajstić information content (AvgIpc) is 4.03. The van der Waals surface area contributed by atoms with Crippen LogP contribution < -0.4 is 10.6 Å². The Kier molecular flexibility index (Phi) is 8.24. The summed E-state index contributed by atoms with van der Waals surface area (Å²) in [5, 5.41) is 19.5. The quantitative estimate of drug-likeness (QED) is 0.175. The van der Waals surface area contributed by atoms with Crippen LogP contribution in [-0.2, 0) is 0 Å². The van der Waals surface area contributed by atoms with Gasteiger partial charge in [-0.05, 0) is 88.0 Å². The lowest BCUT2D eigenvalue weighted by molar-refractivity contribution is 0.316. The smallest absolute Gasteiger partial charge is 0.137 e. The molecule has 6 heteroatoms. The first kappa shape index (κ1) is 36.0. The number of furan rings is 2. The minimum Gasteiger partial charge on any atom is -0.624 e. The molecule has 1 aliphatic rings.